The number of aryl methyl sites for hydroxylation is 3. The van der Waals surface area contributed by atoms with Crippen LogP contribution in [-0.2, 0) is 6.42 Å². The molecule has 0 aliphatic rings. The highest BCUT2D eigenvalue weighted by atomic mass is 15.0. The number of fused-ring (bicyclic) bond motifs is 3. The molecule has 1 heterocycles. The van der Waals surface area contributed by atoms with E-state index >= 15 is 0 Å². The molecule has 9 rings (SSSR count). The van der Waals surface area contributed by atoms with Crippen molar-refractivity contribution in [3.63, 3.8) is 0 Å². The second-order valence-electron chi connectivity index (χ2n) is 12.5. The topological polar surface area (TPSA) is 4.93 Å². The third-order valence-electron chi connectivity index (χ3n) is 9.95. The molecular weight excluding hydrogens is 542 g/mol. The molecule has 0 atom stereocenters. The molecule has 0 radical (unpaired) electrons. The van der Waals surface area contributed by atoms with Crippen molar-refractivity contribution in [3.8, 4) is 27.9 Å². The summed E-state index contributed by atoms with van der Waals surface area (Å²) in [6.45, 7) is 6.76. The number of nitrogens with zero attached hydrogens (tertiary/aromatic N) is 1. The first kappa shape index (κ1) is 26.0. The van der Waals surface area contributed by atoms with Crippen molar-refractivity contribution in [2.75, 3.05) is 0 Å². The molecule has 8 aromatic carbocycles. The standard InChI is InChI=1S/C44H33N/c1-4-29-25-27(2)42(28(3)26-29)38-23-17-32-16-22-37-34(21-15-31-18-24-39(38)44(32)43(31)37)30-13-19-33(20-14-30)45-40-11-7-5-9-35(40)36-10-6-8-12-41(36)45/h5-26H,4H2,1-3H3. The number of para-hydroxylation sites is 2. The van der Waals surface area contributed by atoms with E-state index in [1.54, 1.807) is 0 Å². The van der Waals surface area contributed by atoms with Gasteiger partial charge in [0.25, 0.3) is 0 Å². The second kappa shape index (κ2) is 9.81. The van der Waals surface area contributed by atoms with E-state index in [0.29, 0.717) is 0 Å². The van der Waals surface area contributed by atoms with Gasteiger partial charge in [0, 0.05) is 16.5 Å². The minimum Gasteiger partial charge on any atom is -0.309 e. The van der Waals surface area contributed by atoms with Crippen LogP contribution in [-0.4, -0.2) is 4.57 Å². The van der Waals surface area contributed by atoms with Crippen molar-refractivity contribution < 1.29 is 0 Å². The second-order valence-corrected chi connectivity index (χ2v) is 12.5. The van der Waals surface area contributed by atoms with Gasteiger partial charge in [0.2, 0.25) is 0 Å². The first-order valence-corrected chi connectivity index (χ1v) is 16.0. The molecule has 0 spiro atoms. The Labute approximate surface area is 263 Å². The molecule has 0 N–H and O–H groups in total. The molecule has 0 aliphatic carbocycles. The summed E-state index contributed by atoms with van der Waals surface area (Å²) in [4.78, 5) is 0. The Morgan fingerprint density at radius 3 is 1.58 bits per heavy atom. The van der Waals surface area contributed by atoms with E-state index < -0.39 is 0 Å². The zero-order valence-corrected chi connectivity index (χ0v) is 25.9. The minimum absolute atomic E-state index is 1.06. The van der Waals surface area contributed by atoms with Gasteiger partial charge in [-0.2, -0.15) is 0 Å². The Bertz CT molecular complexity index is 2500. The smallest absolute Gasteiger partial charge is 0.0541 e. The Hall–Kier alpha value is -5.40. The fraction of sp³-hybridized carbons (Fsp3) is 0.0909. The Kier molecular flexibility index (Phi) is 5.67. The lowest BCUT2D eigenvalue weighted by Gasteiger charge is -2.19. The quantitative estimate of drug-likeness (QED) is 0.184. The summed E-state index contributed by atoms with van der Waals surface area (Å²) in [6.07, 6.45) is 1.06. The number of benzene rings is 8. The van der Waals surface area contributed by atoms with E-state index in [1.165, 1.54) is 98.8 Å². The van der Waals surface area contributed by atoms with E-state index in [0.717, 1.165) is 6.42 Å². The number of rotatable bonds is 4. The van der Waals surface area contributed by atoms with Crippen molar-refractivity contribution in [1.29, 1.82) is 0 Å². The highest BCUT2D eigenvalue weighted by Gasteiger charge is 2.17. The normalized spacial score (nSPS) is 12.0. The van der Waals surface area contributed by atoms with Crippen LogP contribution in [0.1, 0.15) is 23.6 Å². The lowest BCUT2D eigenvalue weighted by atomic mass is 9.85. The van der Waals surface area contributed by atoms with Gasteiger partial charge in [-0.1, -0.05) is 116 Å². The third kappa shape index (κ3) is 3.80. The fourth-order valence-electron chi connectivity index (χ4n) is 7.94. The maximum absolute atomic E-state index is 2.39. The van der Waals surface area contributed by atoms with Crippen molar-refractivity contribution >= 4 is 54.1 Å². The van der Waals surface area contributed by atoms with Crippen molar-refractivity contribution in [2.45, 2.75) is 27.2 Å². The molecule has 0 unspecified atom stereocenters. The van der Waals surface area contributed by atoms with Crippen LogP contribution in [0.5, 0.6) is 0 Å². The molecule has 0 bridgehead atoms. The molecule has 0 saturated heterocycles. The average Bonchev–Trinajstić information content (AvgIpc) is 3.42. The van der Waals surface area contributed by atoms with Crippen molar-refractivity contribution in [1.82, 2.24) is 4.57 Å². The summed E-state index contributed by atoms with van der Waals surface area (Å²) >= 11 is 0. The molecule has 0 fully saturated rings. The van der Waals surface area contributed by atoms with Crippen LogP contribution in [0.2, 0.25) is 0 Å². The number of aromatic nitrogens is 1. The summed E-state index contributed by atoms with van der Waals surface area (Å²) in [5.41, 5.74) is 13.0. The molecule has 1 aromatic heterocycles. The van der Waals surface area contributed by atoms with E-state index in [4.69, 9.17) is 0 Å². The van der Waals surface area contributed by atoms with E-state index in [2.05, 4.69) is 159 Å². The van der Waals surface area contributed by atoms with Gasteiger partial charge in [-0.25, -0.2) is 0 Å². The highest BCUT2D eigenvalue weighted by Crippen LogP contribution is 2.44. The van der Waals surface area contributed by atoms with Crippen LogP contribution < -0.4 is 0 Å². The number of hydrogen-bond acceptors (Lipinski definition) is 0. The maximum atomic E-state index is 2.39. The van der Waals surface area contributed by atoms with Gasteiger partial charge in [0.15, 0.2) is 0 Å². The van der Waals surface area contributed by atoms with Gasteiger partial charge in [-0.3, -0.25) is 0 Å². The summed E-state index contributed by atoms with van der Waals surface area (Å²) in [7, 11) is 0. The first-order chi connectivity index (χ1) is 22.1. The SMILES string of the molecule is CCc1cc(C)c(-c2ccc3ccc4c(-c5ccc(-n6c7ccccc7c7ccccc76)cc5)ccc5ccc2c3c54)c(C)c1. The molecule has 1 heteroatoms. The molecule has 1 nitrogen and oxygen atoms in total. The predicted molar refractivity (Wildman–Crippen MR) is 194 cm³/mol. The lowest BCUT2D eigenvalue weighted by Crippen LogP contribution is -1.95. The van der Waals surface area contributed by atoms with Crippen LogP contribution in [0.15, 0.2) is 133 Å². The molecule has 0 aliphatic heterocycles. The molecule has 45 heavy (non-hydrogen) atoms. The molecule has 0 amide bonds. The highest BCUT2D eigenvalue weighted by molar-refractivity contribution is 6.27. The van der Waals surface area contributed by atoms with E-state index in [1.807, 2.05) is 0 Å². The Morgan fingerprint density at radius 2 is 1.00 bits per heavy atom. The van der Waals surface area contributed by atoms with E-state index in [9.17, 15) is 0 Å². The van der Waals surface area contributed by atoms with Crippen LogP contribution in [0.4, 0.5) is 0 Å². The molecule has 0 saturated carbocycles. The molecular formula is C44H33N. The molecule has 214 valence electrons. The summed E-state index contributed by atoms with van der Waals surface area (Å²) in [5.74, 6) is 0. The van der Waals surface area contributed by atoms with Gasteiger partial charge in [-0.15, -0.1) is 0 Å². The third-order valence-corrected chi connectivity index (χ3v) is 9.95. The van der Waals surface area contributed by atoms with Gasteiger partial charge in [0.05, 0.1) is 11.0 Å². The van der Waals surface area contributed by atoms with Gasteiger partial charge in [0.1, 0.15) is 0 Å². The predicted octanol–water partition coefficient (Wildman–Crippen LogP) is 12.2. The molecule has 9 aromatic rings. The Morgan fingerprint density at radius 1 is 0.489 bits per heavy atom. The zero-order chi connectivity index (χ0) is 30.2. The number of hydrogen-bond donors (Lipinski definition) is 0. The monoisotopic (exact) mass is 575 g/mol. The maximum Gasteiger partial charge on any atom is 0.0541 e. The van der Waals surface area contributed by atoms with Crippen LogP contribution in [0, 0.1) is 13.8 Å². The largest absolute Gasteiger partial charge is 0.309 e. The summed E-state index contributed by atoms with van der Waals surface area (Å²) < 4.78 is 2.39. The zero-order valence-electron chi connectivity index (χ0n) is 25.9. The van der Waals surface area contributed by atoms with Crippen LogP contribution in [0.25, 0.3) is 82.1 Å². The minimum atomic E-state index is 1.06. The average molecular weight is 576 g/mol. The summed E-state index contributed by atoms with van der Waals surface area (Å²) in [6, 6.07) is 49.8. The van der Waals surface area contributed by atoms with Crippen LogP contribution >= 0.6 is 0 Å². The van der Waals surface area contributed by atoms with Crippen molar-refractivity contribution in [3.05, 3.63) is 150 Å². The fourth-order valence-corrected chi connectivity index (χ4v) is 7.94. The van der Waals surface area contributed by atoms with Gasteiger partial charge >= 0.3 is 0 Å². The van der Waals surface area contributed by atoms with Gasteiger partial charge in [-0.05, 0) is 116 Å². The first-order valence-electron chi connectivity index (χ1n) is 16.0. The van der Waals surface area contributed by atoms with Crippen molar-refractivity contribution in [2.24, 2.45) is 0 Å². The summed E-state index contributed by atoms with van der Waals surface area (Å²) in [5, 5.41) is 10.5. The lowest BCUT2D eigenvalue weighted by molar-refractivity contribution is 1.12. The van der Waals surface area contributed by atoms with Crippen LogP contribution in [0.3, 0.4) is 0 Å². The Balaban J connectivity index is 1.23. The van der Waals surface area contributed by atoms with Gasteiger partial charge < -0.3 is 4.57 Å². The van der Waals surface area contributed by atoms with E-state index in [-0.39, 0.29) is 0 Å².